The van der Waals surface area contributed by atoms with Crippen LogP contribution in [0.3, 0.4) is 0 Å². The van der Waals surface area contributed by atoms with Crippen LogP contribution in [-0.2, 0) is 0 Å². The Bertz CT molecular complexity index is 316. The van der Waals surface area contributed by atoms with E-state index in [0.717, 1.165) is 6.54 Å². The van der Waals surface area contributed by atoms with Crippen LogP contribution >= 0.6 is 11.8 Å². The van der Waals surface area contributed by atoms with Gasteiger partial charge in [0.25, 0.3) is 0 Å². The lowest BCUT2D eigenvalue weighted by Gasteiger charge is -2.30. The highest BCUT2D eigenvalue weighted by atomic mass is 32.2. The number of nitrogens with two attached hydrogens (primary N) is 1. The van der Waals surface area contributed by atoms with E-state index in [1.54, 1.807) is 0 Å². The van der Waals surface area contributed by atoms with Crippen LogP contribution < -0.4 is 5.73 Å². The van der Waals surface area contributed by atoms with E-state index in [9.17, 15) is 0 Å². The van der Waals surface area contributed by atoms with Crippen LogP contribution in [0.1, 0.15) is 24.8 Å². The maximum atomic E-state index is 5.94. The molecule has 0 saturated heterocycles. The fourth-order valence-electron chi connectivity index (χ4n) is 2.29. The van der Waals surface area contributed by atoms with Gasteiger partial charge in [0.15, 0.2) is 0 Å². The maximum absolute atomic E-state index is 5.94. The molecule has 0 radical (unpaired) electrons. The van der Waals surface area contributed by atoms with Crippen molar-refractivity contribution in [2.24, 2.45) is 5.73 Å². The van der Waals surface area contributed by atoms with Crippen LogP contribution in [0.25, 0.3) is 0 Å². The van der Waals surface area contributed by atoms with Crippen molar-refractivity contribution in [3.63, 3.8) is 0 Å². The summed E-state index contributed by atoms with van der Waals surface area (Å²) in [5.74, 6) is 1.63. The third kappa shape index (κ3) is 4.63. The lowest BCUT2D eigenvalue weighted by Crippen LogP contribution is -2.38. The van der Waals surface area contributed by atoms with Gasteiger partial charge in [-0.15, -0.1) is 0 Å². The summed E-state index contributed by atoms with van der Waals surface area (Å²) >= 11 is 1.92. The molecule has 0 aromatic heterocycles. The highest BCUT2D eigenvalue weighted by molar-refractivity contribution is 7.98. The van der Waals surface area contributed by atoms with Crippen LogP contribution in [0.4, 0.5) is 0 Å². The second-order valence-electron chi connectivity index (χ2n) is 4.80. The molecule has 0 saturated carbocycles. The minimum Gasteiger partial charge on any atom is -0.330 e. The number of benzene rings is 1. The molecule has 0 amide bonds. The zero-order chi connectivity index (χ0) is 13.4. The van der Waals surface area contributed by atoms with Crippen LogP contribution in [0.5, 0.6) is 0 Å². The first-order valence-electron chi connectivity index (χ1n) is 6.67. The number of nitrogens with zero attached hydrogens (tertiary/aromatic N) is 1. The summed E-state index contributed by atoms with van der Waals surface area (Å²) in [6, 6.07) is 11.3. The lowest BCUT2D eigenvalue weighted by molar-refractivity contribution is 0.241. The molecule has 18 heavy (non-hydrogen) atoms. The highest BCUT2D eigenvalue weighted by Gasteiger charge is 2.17. The Labute approximate surface area is 116 Å². The van der Waals surface area contributed by atoms with Gasteiger partial charge in [-0.3, -0.25) is 0 Å². The molecule has 1 rings (SSSR count). The fraction of sp³-hybridized carbons (Fsp3) is 0.600. The van der Waals surface area contributed by atoms with E-state index in [1.165, 1.54) is 17.7 Å². The topological polar surface area (TPSA) is 29.3 Å². The summed E-state index contributed by atoms with van der Waals surface area (Å²) in [5, 5.41) is 0. The minimum atomic E-state index is 0.437. The first-order valence-corrected chi connectivity index (χ1v) is 8.06. The van der Waals surface area contributed by atoms with Gasteiger partial charge in [-0.25, -0.2) is 0 Å². The van der Waals surface area contributed by atoms with Gasteiger partial charge in [0.2, 0.25) is 0 Å². The standard InChI is InChI=1S/C15H26N2S/c1-4-15(12-18-3)17(2)11-14(10-16)13-8-6-5-7-9-13/h5-9,14-15H,4,10-12,16H2,1-3H3. The molecule has 2 N–H and O–H groups in total. The van der Waals surface area contributed by atoms with Crippen LogP contribution in [0, 0.1) is 0 Å². The van der Waals surface area contributed by atoms with Gasteiger partial charge >= 0.3 is 0 Å². The predicted octanol–water partition coefficient (Wildman–Crippen LogP) is 2.80. The molecule has 2 unspecified atom stereocenters. The predicted molar refractivity (Wildman–Crippen MR) is 83.3 cm³/mol. The Morgan fingerprint density at radius 2 is 1.94 bits per heavy atom. The first-order chi connectivity index (χ1) is 8.72. The van der Waals surface area contributed by atoms with Gasteiger partial charge in [-0.05, 0) is 25.3 Å². The summed E-state index contributed by atoms with van der Waals surface area (Å²) in [6.07, 6.45) is 3.37. The van der Waals surface area contributed by atoms with Crippen LogP contribution in [-0.4, -0.2) is 43.1 Å². The number of likely N-dealkylation sites (N-methyl/N-ethyl adjacent to an activating group) is 1. The van der Waals surface area contributed by atoms with E-state index >= 15 is 0 Å². The lowest BCUT2D eigenvalue weighted by atomic mass is 9.98. The number of hydrogen-bond donors (Lipinski definition) is 1. The Kier molecular flexibility index (Phi) is 7.40. The van der Waals surface area contributed by atoms with E-state index in [1.807, 2.05) is 11.8 Å². The molecule has 0 aliphatic carbocycles. The van der Waals surface area contributed by atoms with E-state index in [0.29, 0.717) is 18.5 Å². The number of thioether (sulfide) groups is 1. The van der Waals surface area contributed by atoms with Crippen LogP contribution in [0.15, 0.2) is 30.3 Å². The molecule has 0 bridgehead atoms. The quantitative estimate of drug-likeness (QED) is 0.784. The van der Waals surface area contributed by atoms with Crippen molar-refractivity contribution in [2.75, 3.05) is 32.1 Å². The van der Waals surface area contributed by atoms with Crippen molar-refractivity contribution < 1.29 is 0 Å². The smallest absolute Gasteiger partial charge is 0.0180 e. The van der Waals surface area contributed by atoms with Gasteiger partial charge in [0.05, 0.1) is 0 Å². The Morgan fingerprint density at radius 1 is 1.28 bits per heavy atom. The molecule has 3 heteroatoms. The molecule has 1 aromatic rings. The summed E-state index contributed by atoms with van der Waals surface area (Å²) < 4.78 is 0. The van der Waals surface area contributed by atoms with Gasteiger partial charge in [0.1, 0.15) is 0 Å². The second kappa shape index (κ2) is 8.57. The summed E-state index contributed by atoms with van der Waals surface area (Å²) in [7, 11) is 2.22. The summed E-state index contributed by atoms with van der Waals surface area (Å²) in [6.45, 7) is 4.01. The molecule has 0 heterocycles. The molecular formula is C15H26N2S. The average Bonchev–Trinajstić information content (AvgIpc) is 2.42. The first kappa shape index (κ1) is 15.5. The minimum absolute atomic E-state index is 0.437. The Morgan fingerprint density at radius 3 is 2.44 bits per heavy atom. The van der Waals surface area contributed by atoms with Crippen molar-refractivity contribution in [3.8, 4) is 0 Å². The SMILES string of the molecule is CCC(CSC)N(C)CC(CN)c1ccccc1. The van der Waals surface area contributed by atoms with Crippen LogP contribution in [0.2, 0.25) is 0 Å². The van der Waals surface area contributed by atoms with Gasteiger partial charge < -0.3 is 10.6 Å². The summed E-state index contributed by atoms with van der Waals surface area (Å²) in [4.78, 5) is 2.46. The zero-order valence-electron chi connectivity index (χ0n) is 11.8. The van der Waals surface area contributed by atoms with Gasteiger partial charge in [0, 0.05) is 30.8 Å². The van der Waals surface area contributed by atoms with Crippen molar-refractivity contribution >= 4 is 11.8 Å². The molecule has 0 spiro atoms. The Balaban J connectivity index is 2.62. The van der Waals surface area contributed by atoms with E-state index in [2.05, 4.69) is 55.5 Å². The average molecular weight is 266 g/mol. The molecule has 2 atom stereocenters. The molecular weight excluding hydrogens is 240 g/mol. The maximum Gasteiger partial charge on any atom is 0.0180 e. The zero-order valence-corrected chi connectivity index (χ0v) is 12.6. The molecule has 102 valence electrons. The largest absolute Gasteiger partial charge is 0.330 e. The van der Waals surface area contributed by atoms with E-state index in [-0.39, 0.29) is 0 Å². The molecule has 0 aliphatic heterocycles. The van der Waals surface area contributed by atoms with Crippen molar-refractivity contribution in [3.05, 3.63) is 35.9 Å². The Hall–Kier alpha value is -0.510. The molecule has 0 aliphatic rings. The number of hydrogen-bond acceptors (Lipinski definition) is 3. The second-order valence-corrected chi connectivity index (χ2v) is 5.71. The normalized spacial score (nSPS) is 14.7. The highest BCUT2D eigenvalue weighted by Crippen LogP contribution is 2.18. The van der Waals surface area contributed by atoms with E-state index in [4.69, 9.17) is 5.73 Å². The number of rotatable bonds is 8. The molecule has 0 fully saturated rings. The molecule has 1 aromatic carbocycles. The van der Waals surface area contributed by atoms with E-state index < -0.39 is 0 Å². The third-order valence-electron chi connectivity index (χ3n) is 3.52. The van der Waals surface area contributed by atoms with Gasteiger partial charge in [-0.1, -0.05) is 37.3 Å². The monoisotopic (exact) mass is 266 g/mol. The third-order valence-corrected chi connectivity index (χ3v) is 4.24. The van der Waals surface area contributed by atoms with Crippen molar-refractivity contribution in [1.82, 2.24) is 4.90 Å². The van der Waals surface area contributed by atoms with Crippen molar-refractivity contribution in [1.29, 1.82) is 0 Å². The summed E-state index contributed by atoms with van der Waals surface area (Å²) in [5.41, 5.74) is 7.29. The van der Waals surface area contributed by atoms with Gasteiger partial charge in [-0.2, -0.15) is 11.8 Å². The van der Waals surface area contributed by atoms with Crippen molar-refractivity contribution in [2.45, 2.75) is 25.3 Å². The fourth-order valence-corrected chi connectivity index (χ4v) is 3.16. The molecule has 2 nitrogen and oxygen atoms in total.